The van der Waals surface area contributed by atoms with E-state index in [0.29, 0.717) is 25.7 Å². The minimum Gasteiger partial charge on any atom is -0.329 e. The Kier molecular flexibility index (Phi) is 4.44. The highest BCUT2D eigenvalue weighted by atomic mass is 19.4. The van der Waals surface area contributed by atoms with Crippen molar-refractivity contribution in [3.63, 3.8) is 0 Å². The lowest BCUT2D eigenvalue weighted by molar-refractivity contribution is -0.190. The van der Waals surface area contributed by atoms with Crippen LogP contribution < -0.4 is 0 Å². The first-order chi connectivity index (χ1) is 7.87. The lowest BCUT2D eigenvalue weighted by Gasteiger charge is -2.39. The average Bonchev–Trinajstić information content (AvgIpc) is 2.60. The molecule has 0 radical (unpaired) electrons. The van der Waals surface area contributed by atoms with E-state index in [0.717, 1.165) is 17.7 Å². The molecule has 0 aromatic rings. The maximum atomic E-state index is 12.5. The molecule has 0 aliphatic carbocycles. The number of hydrogen-bond acceptors (Lipinski definition) is 1. The van der Waals surface area contributed by atoms with Crippen molar-refractivity contribution in [2.75, 3.05) is 6.54 Å². The highest BCUT2D eigenvalue weighted by molar-refractivity contribution is 5.83. The van der Waals surface area contributed by atoms with Crippen LogP contribution in [0.5, 0.6) is 0 Å². The van der Waals surface area contributed by atoms with Crippen LogP contribution in [0.25, 0.3) is 0 Å². The Bertz CT molecular complexity index is 269. The molecule has 0 saturated carbocycles. The van der Waals surface area contributed by atoms with Gasteiger partial charge >= 0.3 is 12.1 Å². The van der Waals surface area contributed by atoms with Crippen molar-refractivity contribution in [2.24, 2.45) is 0 Å². The maximum absolute atomic E-state index is 12.5. The summed E-state index contributed by atoms with van der Waals surface area (Å²) in [6, 6.07) is 0. The summed E-state index contributed by atoms with van der Waals surface area (Å²) in [5.74, 6) is -1.66. The molecule has 1 aliphatic rings. The van der Waals surface area contributed by atoms with E-state index in [2.05, 4.69) is 0 Å². The SMILES string of the molecule is CCCC1(CCC)CCCN1C(=O)C(F)(F)F. The number of amides is 1. The minimum absolute atomic E-state index is 0.248. The smallest absolute Gasteiger partial charge is 0.329 e. The molecule has 1 rings (SSSR count). The van der Waals surface area contributed by atoms with Crippen molar-refractivity contribution in [3.8, 4) is 0 Å². The molecule has 1 fully saturated rings. The van der Waals surface area contributed by atoms with Gasteiger partial charge in [-0.15, -0.1) is 0 Å². The van der Waals surface area contributed by atoms with Crippen LogP contribution in [0.1, 0.15) is 52.4 Å². The molecule has 1 heterocycles. The molecule has 5 heteroatoms. The summed E-state index contributed by atoms with van der Waals surface area (Å²) in [7, 11) is 0. The maximum Gasteiger partial charge on any atom is 0.471 e. The molecular formula is C12H20F3NO. The molecule has 100 valence electrons. The van der Waals surface area contributed by atoms with Gasteiger partial charge in [-0.3, -0.25) is 4.79 Å². The number of alkyl halides is 3. The van der Waals surface area contributed by atoms with E-state index >= 15 is 0 Å². The number of nitrogens with zero attached hydrogens (tertiary/aromatic N) is 1. The quantitative estimate of drug-likeness (QED) is 0.748. The van der Waals surface area contributed by atoms with Crippen LogP contribution in [-0.2, 0) is 4.79 Å². The minimum atomic E-state index is -4.74. The van der Waals surface area contributed by atoms with E-state index < -0.39 is 17.6 Å². The molecule has 0 spiro atoms. The summed E-state index contributed by atoms with van der Waals surface area (Å²) in [5.41, 5.74) is -0.546. The Morgan fingerprint density at radius 1 is 1.24 bits per heavy atom. The Morgan fingerprint density at radius 2 is 1.76 bits per heavy atom. The second-order valence-electron chi connectivity index (χ2n) is 4.78. The van der Waals surface area contributed by atoms with E-state index in [1.807, 2.05) is 13.8 Å². The fourth-order valence-electron chi connectivity index (χ4n) is 2.98. The van der Waals surface area contributed by atoms with Gasteiger partial charge < -0.3 is 4.90 Å². The molecule has 2 nitrogen and oxygen atoms in total. The number of hydrogen-bond donors (Lipinski definition) is 0. The summed E-state index contributed by atoms with van der Waals surface area (Å²) in [5, 5.41) is 0. The van der Waals surface area contributed by atoms with Crippen molar-refractivity contribution in [3.05, 3.63) is 0 Å². The molecule has 0 N–H and O–H groups in total. The Labute approximate surface area is 100 Å². The Balaban J connectivity index is 2.92. The second-order valence-corrected chi connectivity index (χ2v) is 4.78. The Morgan fingerprint density at radius 3 is 2.18 bits per heavy atom. The van der Waals surface area contributed by atoms with Crippen molar-refractivity contribution < 1.29 is 18.0 Å². The summed E-state index contributed by atoms with van der Waals surface area (Å²) in [6.45, 7) is 4.15. The molecule has 0 bridgehead atoms. The van der Waals surface area contributed by atoms with Crippen LogP contribution in [0.4, 0.5) is 13.2 Å². The number of carbonyl (C=O) groups excluding carboxylic acids is 1. The van der Waals surface area contributed by atoms with Gasteiger partial charge in [-0.2, -0.15) is 13.2 Å². The van der Waals surface area contributed by atoms with Gasteiger partial charge in [0.05, 0.1) is 0 Å². The summed E-state index contributed by atoms with van der Waals surface area (Å²) < 4.78 is 37.6. The zero-order valence-corrected chi connectivity index (χ0v) is 10.4. The van der Waals surface area contributed by atoms with E-state index in [4.69, 9.17) is 0 Å². The zero-order valence-electron chi connectivity index (χ0n) is 10.4. The largest absolute Gasteiger partial charge is 0.471 e. The van der Waals surface area contributed by atoms with Gasteiger partial charge in [-0.05, 0) is 25.7 Å². The summed E-state index contributed by atoms with van der Waals surface area (Å²) in [4.78, 5) is 12.5. The highest BCUT2D eigenvalue weighted by Gasteiger charge is 2.51. The lowest BCUT2D eigenvalue weighted by atomic mass is 9.86. The second kappa shape index (κ2) is 5.27. The summed E-state index contributed by atoms with van der Waals surface area (Å²) in [6.07, 6.45) is -0.399. The van der Waals surface area contributed by atoms with Crippen molar-refractivity contribution in [1.29, 1.82) is 0 Å². The number of likely N-dealkylation sites (tertiary alicyclic amines) is 1. The topological polar surface area (TPSA) is 20.3 Å². The lowest BCUT2D eigenvalue weighted by Crippen LogP contribution is -2.52. The normalized spacial score (nSPS) is 19.7. The molecule has 0 aromatic carbocycles. The van der Waals surface area contributed by atoms with Crippen LogP contribution in [0.15, 0.2) is 0 Å². The van der Waals surface area contributed by atoms with Crippen LogP contribution in [0.2, 0.25) is 0 Å². The van der Waals surface area contributed by atoms with E-state index in [9.17, 15) is 18.0 Å². The fourth-order valence-corrected chi connectivity index (χ4v) is 2.98. The molecule has 1 amide bonds. The van der Waals surface area contributed by atoms with Crippen LogP contribution >= 0.6 is 0 Å². The van der Waals surface area contributed by atoms with E-state index in [1.54, 1.807) is 0 Å². The molecule has 0 atom stereocenters. The first kappa shape index (κ1) is 14.3. The Hall–Kier alpha value is -0.740. The molecule has 0 unspecified atom stereocenters. The van der Waals surface area contributed by atoms with Gasteiger partial charge in [0.15, 0.2) is 0 Å². The first-order valence-electron chi connectivity index (χ1n) is 6.26. The van der Waals surface area contributed by atoms with Crippen LogP contribution in [0, 0.1) is 0 Å². The number of carbonyl (C=O) groups is 1. The monoisotopic (exact) mass is 251 g/mol. The van der Waals surface area contributed by atoms with Gasteiger partial charge in [-0.25, -0.2) is 0 Å². The van der Waals surface area contributed by atoms with Gasteiger partial charge in [-0.1, -0.05) is 26.7 Å². The third-order valence-corrected chi connectivity index (χ3v) is 3.51. The first-order valence-corrected chi connectivity index (χ1v) is 6.26. The van der Waals surface area contributed by atoms with Gasteiger partial charge in [0.1, 0.15) is 0 Å². The zero-order chi connectivity index (χ0) is 13.1. The molecule has 1 aliphatic heterocycles. The van der Waals surface area contributed by atoms with Crippen molar-refractivity contribution >= 4 is 5.91 Å². The highest BCUT2D eigenvalue weighted by Crippen LogP contribution is 2.39. The predicted molar refractivity (Wildman–Crippen MR) is 59.5 cm³/mol. The summed E-state index contributed by atoms with van der Waals surface area (Å²) >= 11 is 0. The molecule has 0 aromatic heterocycles. The van der Waals surface area contributed by atoms with Gasteiger partial charge in [0.2, 0.25) is 0 Å². The predicted octanol–water partition coefficient (Wildman–Crippen LogP) is 3.51. The fraction of sp³-hybridized carbons (Fsp3) is 0.917. The van der Waals surface area contributed by atoms with Gasteiger partial charge in [0, 0.05) is 12.1 Å². The standard InChI is InChI=1S/C12H20F3NO/c1-3-6-11(7-4-2)8-5-9-16(11)10(17)12(13,14)15/h3-9H2,1-2H3. The third kappa shape index (κ3) is 2.93. The van der Waals surface area contributed by atoms with E-state index in [1.165, 1.54) is 0 Å². The van der Waals surface area contributed by atoms with Crippen LogP contribution in [-0.4, -0.2) is 29.1 Å². The molecule has 1 saturated heterocycles. The van der Waals surface area contributed by atoms with E-state index in [-0.39, 0.29) is 6.54 Å². The van der Waals surface area contributed by atoms with Crippen LogP contribution in [0.3, 0.4) is 0 Å². The van der Waals surface area contributed by atoms with Crippen molar-refractivity contribution in [2.45, 2.75) is 64.1 Å². The van der Waals surface area contributed by atoms with Crippen molar-refractivity contribution in [1.82, 2.24) is 4.90 Å². The number of rotatable bonds is 4. The molecular weight excluding hydrogens is 231 g/mol. The molecule has 17 heavy (non-hydrogen) atoms. The number of halogens is 3. The average molecular weight is 251 g/mol. The third-order valence-electron chi connectivity index (χ3n) is 3.51. The van der Waals surface area contributed by atoms with Gasteiger partial charge in [0.25, 0.3) is 0 Å².